The number of rotatable bonds is 6. The zero-order valence-corrected chi connectivity index (χ0v) is 16.6. The number of nitrogens with zero attached hydrogens (tertiary/aromatic N) is 5. The van der Waals surface area contributed by atoms with E-state index < -0.39 is 0 Å². The highest BCUT2D eigenvalue weighted by atomic mass is 16.2. The first-order valence-corrected chi connectivity index (χ1v) is 10.1. The van der Waals surface area contributed by atoms with Crippen LogP contribution in [-0.4, -0.2) is 55.7 Å². The van der Waals surface area contributed by atoms with E-state index >= 15 is 0 Å². The van der Waals surface area contributed by atoms with Crippen molar-refractivity contribution in [3.05, 3.63) is 27.2 Å². The molecule has 1 N–H and O–H groups in total. The molecule has 3 heterocycles. The molecule has 2 aromatic rings. The van der Waals surface area contributed by atoms with Crippen LogP contribution in [0.1, 0.15) is 25.7 Å². The summed E-state index contributed by atoms with van der Waals surface area (Å²) in [5, 5.41) is 3.09. The Kier molecular flexibility index (Phi) is 5.09. The summed E-state index contributed by atoms with van der Waals surface area (Å²) < 4.78 is 4.38. The Bertz CT molecular complexity index is 991. The number of hydrogen-bond acceptors (Lipinski definition) is 5. The smallest absolute Gasteiger partial charge is 0.332 e. The summed E-state index contributed by atoms with van der Waals surface area (Å²) in [6.45, 7) is 4.27. The van der Waals surface area contributed by atoms with Gasteiger partial charge >= 0.3 is 5.69 Å². The van der Waals surface area contributed by atoms with E-state index in [0.717, 1.165) is 56.4 Å². The molecule has 28 heavy (non-hydrogen) atoms. The quantitative estimate of drug-likeness (QED) is 0.732. The third-order valence-corrected chi connectivity index (χ3v) is 6.09. The van der Waals surface area contributed by atoms with E-state index in [-0.39, 0.29) is 23.1 Å². The van der Waals surface area contributed by atoms with Gasteiger partial charge in [-0.05, 0) is 44.7 Å². The minimum atomic E-state index is -0.362. The lowest BCUT2D eigenvalue weighted by Crippen LogP contribution is -2.40. The molecule has 0 aromatic carbocycles. The molecule has 9 nitrogen and oxygen atoms in total. The summed E-state index contributed by atoms with van der Waals surface area (Å²) in [5.74, 6) is 1.05. The molecule has 2 aliphatic rings. The maximum Gasteiger partial charge on any atom is 0.332 e. The minimum absolute atomic E-state index is 0.227. The predicted octanol–water partition coefficient (Wildman–Crippen LogP) is -0.328. The van der Waals surface area contributed by atoms with Gasteiger partial charge in [0.15, 0.2) is 11.2 Å². The van der Waals surface area contributed by atoms with E-state index in [4.69, 9.17) is 0 Å². The van der Waals surface area contributed by atoms with Gasteiger partial charge in [-0.3, -0.25) is 18.7 Å². The third-order valence-electron chi connectivity index (χ3n) is 6.09. The number of aryl methyl sites for hydroxylation is 1. The van der Waals surface area contributed by atoms with Crippen LogP contribution in [0.4, 0.5) is 0 Å². The number of nitrogens with one attached hydrogen (secondary N) is 1. The molecule has 1 aliphatic heterocycles. The first kappa shape index (κ1) is 18.9. The van der Waals surface area contributed by atoms with Crippen LogP contribution in [0.3, 0.4) is 0 Å². The number of carbonyl (C=O) groups is 1. The Labute approximate surface area is 163 Å². The summed E-state index contributed by atoms with van der Waals surface area (Å²) in [5.41, 5.74) is 0.236. The van der Waals surface area contributed by atoms with Crippen molar-refractivity contribution in [3.8, 4) is 0 Å². The fourth-order valence-corrected chi connectivity index (χ4v) is 3.96. The minimum Gasteiger partial charge on any atom is -0.356 e. The van der Waals surface area contributed by atoms with Crippen molar-refractivity contribution in [2.75, 3.05) is 26.2 Å². The van der Waals surface area contributed by atoms with Gasteiger partial charge in [0.1, 0.15) is 0 Å². The van der Waals surface area contributed by atoms with Crippen molar-refractivity contribution in [1.29, 1.82) is 0 Å². The molecular weight excluding hydrogens is 360 g/mol. The van der Waals surface area contributed by atoms with Crippen LogP contribution < -0.4 is 16.6 Å². The van der Waals surface area contributed by atoms with Crippen molar-refractivity contribution >= 4 is 17.1 Å². The van der Waals surface area contributed by atoms with Gasteiger partial charge in [0.25, 0.3) is 5.56 Å². The zero-order chi connectivity index (χ0) is 19.8. The second-order valence-corrected chi connectivity index (χ2v) is 8.12. The van der Waals surface area contributed by atoms with Crippen molar-refractivity contribution in [2.24, 2.45) is 25.9 Å². The molecule has 0 spiro atoms. The number of amides is 1. The van der Waals surface area contributed by atoms with Crippen LogP contribution in [0.15, 0.2) is 15.9 Å². The Morgan fingerprint density at radius 3 is 2.50 bits per heavy atom. The number of piperidine rings is 1. The largest absolute Gasteiger partial charge is 0.356 e. The standard InChI is InChI=1S/C19H28N6O3/c1-22-16-15(18(27)23(2)19(22)28)25(12-21-16)10-9-24-7-5-13(6-8-24)11-20-17(26)14-3-4-14/h12-14H,3-11H2,1-2H3,(H,20,26). The van der Waals surface area contributed by atoms with Crippen LogP contribution in [-0.2, 0) is 25.4 Å². The molecule has 0 bridgehead atoms. The normalized spacial score (nSPS) is 18.6. The van der Waals surface area contributed by atoms with Gasteiger partial charge in [-0.25, -0.2) is 9.78 Å². The van der Waals surface area contributed by atoms with Gasteiger partial charge in [-0.1, -0.05) is 0 Å². The molecule has 1 amide bonds. The molecule has 1 saturated heterocycles. The van der Waals surface area contributed by atoms with Crippen molar-refractivity contribution in [2.45, 2.75) is 32.2 Å². The van der Waals surface area contributed by atoms with Gasteiger partial charge in [0, 0.05) is 39.6 Å². The lowest BCUT2D eigenvalue weighted by molar-refractivity contribution is -0.122. The second kappa shape index (κ2) is 7.54. The van der Waals surface area contributed by atoms with E-state index in [1.54, 1.807) is 13.4 Å². The number of carbonyl (C=O) groups excluding carboxylic acids is 1. The second-order valence-electron chi connectivity index (χ2n) is 8.12. The van der Waals surface area contributed by atoms with Crippen molar-refractivity contribution in [3.63, 3.8) is 0 Å². The Hall–Kier alpha value is -2.42. The number of hydrogen-bond donors (Lipinski definition) is 1. The fourth-order valence-electron chi connectivity index (χ4n) is 3.96. The molecule has 1 saturated carbocycles. The number of fused-ring (bicyclic) bond motifs is 1. The van der Waals surface area contributed by atoms with Crippen LogP contribution in [0, 0.1) is 11.8 Å². The van der Waals surface area contributed by atoms with Crippen molar-refractivity contribution < 1.29 is 4.79 Å². The highest BCUT2D eigenvalue weighted by Crippen LogP contribution is 2.29. The average Bonchev–Trinajstić information content (AvgIpc) is 3.47. The lowest BCUT2D eigenvalue weighted by atomic mass is 9.96. The van der Waals surface area contributed by atoms with Crippen LogP contribution in [0.25, 0.3) is 11.2 Å². The molecule has 0 radical (unpaired) electrons. The molecule has 1 aliphatic carbocycles. The number of aromatic nitrogens is 4. The predicted molar refractivity (Wildman–Crippen MR) is 105 cm³/mol. The molecule has 0 unspecified atom stereocenters. The van der Waals surface area contributed by atoms with E-state index in [2.05, 4.69) is 15.2 Å². The topological polar surface area (TPSA) is 94.2 Å². The molecular formula is C19H28N6O3. The molecule has 152 valence electrons. The van der Waals surface area contributed by atoms with Gasteiger partial charge in [-0.2, -0.15) is 0 Å². The van der Waals surface area contributed by atoms with Gasteiger partial charge in [0.2, 0.25) is 5.91 Å². The summed E-state index contributed by atoms with van der Waals surface area (Å²) in [4.78, 5) is 43.0. The molecule has 2 fully saturated rings. The molecule has 2 aromatic heterocycles. The maximum atomic E-state index is 12.5. The summed E-state index contributed by atoms with van der Waals surface area (Å²) in [6, 6.07) is 0. The average molecular weight is 388 g/mol. The first-order valence-electron chi connectivity index (χ1n) is 10.1. The van der Waals surface area contributed by atoms with Gasteiger partial charge in [0.05, 0.1) is 6.33 Å². The van der Waals surface area contributed by atoms with E-state index in [1.165, 1.54) is 11.6 Å². The molecule has 4 rings (SSSR count). The van der Waals surface area contributed by atoms with Gasteiger partial charge in [-0.15, -0.1) is 0 Å². The van der Waals surface area contributed by atoms with Crippen LogP contribution in [0.2, 0.25) is 0 Å². The molecule has 0 atom stereocenters. The highest BCUT2D eigenvalue weighted by molar-refractivity contribution is 5.80. The number of likely N-dealkylation sites (tertiary alicyclic amines) is 1. The maximum absolute atomic E-state index is 12.5. The zero-order valence-electron chi connectivity index (χ0n) is 16.6. The van der Waals surface area contributed by atoms with Crippen LogP contribution in [0.5, 0.6) is 0 Å². The fraction of sp³-hybridized carbons (Fsp3) is 0.684. The molecule has 9 heteroatoms. The van der Waals surface area contributed by atoms with E-state index in [9.17, 15) is 14.4 Å². The van der Waals surface area contributed by atoms with Crippen LogP contribution >= 0.6 is 0 Å². The van der Waals surface area contributed by atoms with Crippen molar-refractivity contribution in [1.82, 2.24) is 28.9 Å². The SMILES string of the molecule is Cn1c(=O)c2c(ncn2CCN2CCC(CNC(=O)C3CC3)CC2)n(C)c1=O. The Morgan fingerprint density at radius 1 is 1.11 bits per heavy atom. The third kappa shape index (κ3) is 3.63. The van der Waals surface area contributed by atoms with Gasteiger partial charge < -0.3 is 14.8 Å². The van der Waals surface area contributed by atoms with E-state index in [0.29, 0.717) is 23.6 Å². The summed E-state index contributed by atoms with van der Waals surface area (Å²) >= 11 is 0. The highest BCUT2D eigenvalue weighted by Gasteiger charge is 2.30. The monoisotopic (exact) mass is 388 g/mol. The Morgan fingerprint density at radius 2 is 1.82 bits per heavy atom. The summed E-state index contributed by atoms with van der Waals surface area (Å²) in [7, 11) is 3.13. The van der Waals surface area contributed by atoms with E-state index in [1.807, 2.05) is 4.57 Å². The Balaban J connectivity index is 1.33. The lowest BCUT2D eigenvalue weighted by Gasteiger charge is -2.32. The first-order chi connectivity index (χ1) is 13.5. The number of imidazole rings is 1. The summed E-state index contributed by atoms with van der Waals surface area (Å²) in [6.07, 6.45) is 5.89.